The molecule has 0 amide bonds. The molecule has 0 spiro atoms. The molecule has 9 heteroatoms. The molecule has 0 saturated heterocycles. The fourth-order valence-corrected chi connectivity index (χ4v) is 0.965. The minimum atomic E-state index is -0.787. The van der Waals surface area contributed by atoms with Crippen molar-refractivity contribution in [3.8, 4) is 0 Å². The van der Waals surface area contributed by atoms with Crippen LogP contribution in [0.2, 0.25) is 0 Å². The van der Waals surface area contributed by atoms with Crippen LogP contribution in [0.4, 0.5) is 0 Å². The van der Waals surface area contributed by atoms with E-state index in [0.29, 0.717) is 0 Å². The van der Waals surface area contributed by atoms with Gasteiger partial charge in [-0.15, -0.1) is 0 Å². The summed E-state index contributed by atoms with van der Waals surface area (Å²) in [5.74, 6) is 0.931. The lowest BCUT2D eigenvalue weighted by Crippen LogP contribution is -2.19. The summed E-state index contributed by atoms with van der Waals surface area (Å²) in [5.41, 5.74) is 0.988. The van der Waals surface area contributed by atoms with Gasteiger partial charge >= 0.3 is 5.97 Å². The molecule has 1 rings (SSSR count). The van der Waals surface area contributed by atoms with Crippen molar-refractivity contribution in [2.45, 2.75) is 74.5 Å². The lowest BCUT2D eigenvalue weighted by atomic mass is 10.3. The van der Waals surface area contributed by atoms with Crippen LogP contribution >= 0.6 is 11.6 Å². The standard InChI is InChI=1S/C6H9NO.C6H10O3.C4H8O2.C2H3ClO/c1-4-5(2)8-6(3)7-4;1-4(7)5(2)9-6(3)8;1-3(5)4(2)6;1-2(3)4/h1-3H3;5H,1-3H3;3,5H,1-2H3;1H3. The number of carbonyl (C=O) groups is 4. The molecule has 1 aromatic rings. The van der Waals surface area contributed by atoms with Gasteiger partial charge in [0.2, 0.25) is 5.24 Å². The van der Waals surface area contributed by atoms with Crippen LogP contribution in [-0.4, -0.2) is 45.1 Å². The summed E-state index contributed by atoms with van der Waals surface area (Å²) in [6.45, 7) is 14.0. The van der Waals surface area contributed by atoms with Crippen LogP contribution in [-0.2, 0) is 23.9 Å². The molecule has 8 nitrogen and oxygen atoms in total. The van der Waals surface area contributed by atoms with Crippen LogP contribution in [0.25, 0.3) is 0 Å². The maximum absolute atomic E-state index is 10.4. The summed E-state index contributed by atoms with van der Waals surface area (Å²) in [4.78, 5) is 43.7. The summed E-state index contributed by atoms with van der Waals surface area (Å²) in [6, 6.07) is 0. The van der Waals surface area contributed by atoms with Crippen molar-refractivity contribution in [3.63, 3.8) is 0 Å². The second kappa shape index (κ2) is 16.1. The largest absolute Gasteiger partial charge is 0.455 e. The number of rotatable bonds is 3. The maximum atomic E-state index is 10.4. The molecule has 0 aliphatic rings. The zero-order valence-electron chi connectivity index (χ0n) is 17.4. The van der Waals surface area contributed by atoms with Gasteiger partial charge in [0.15, 0.2) is 23.6 Å². The number of nitrogens with zero attached hydrogens (tertiary/aromatic N) is 1. The van der Waals surface area contributed by atoms with Gasteiger partial charge in [0, 0.05) is 20.8 Å². The topological polar surface area (TPSA) is 124 Å². The van der Waals surface area contributed by atoms with Crippen LogP contribution < -0.4 is 0 Å². The summed E-state index contributed by atoms with van der Waals surface area (Å²) >= 11 is 4.64. The van der Waals surface area contributed by atoms with Gasteiger partial charge in [-0.25, -0.2) is 4.98 Å². The van der Waals surface area contributed by atoms with Crippen molar-refractivity contribution in [2.75, 3.05) is 0 Å². The van der Waals surface area contributed by atoms with E-state index < -0.39 is 18.2 Å². The molecule has 0 fully saturated rings. The average Bonchev–Trinajstić information content (AvgIpc) is 2.75. The third kappa shape index (κ3) is 23.9. The highest BCUT2D eigenvalue weighted by molar-refractivity contribution is 6.62. The molecule has 0 aliphatic heterocycles. The van der Waals surface area contributed by atoms with Gasteiger partial charge in [-0.2, -0.15) is 0 Å². The molecule has 0 aliphatic carbocycles. The summed E-state index contributed by atoms with van der Waals surface area (Å²) in [7, 11) is 0. The van der Waals surface area contributed by atoms with Crippen LogP contribution in [0.15, 0.2) is 4.42 Å². The van der Waals surface area contributed by atoms with Gasteiger partial charge in [-0.05, 0) is 53.1 Å². The first kappa shape index (κ1) is 29.7. The van der Waals surface area contributed by atoms with E-state index in [9.17, 15) is 19.2 Å². The number of hydrogen-bond acceptors (Lipinski definition) is 8. The number of aryl methyl sites for hydroxylation is 3. The van der Waals surface area contributed by atoms with Crippen molar-refractivity contribution in [2.24, 2.45) is 0 Å². The van der Waals surface area contributed by atoms with Crippen molar-refractivity contribution in [3.05, 3.63) is 17.3 Å². The first-order valence-electron chi connectivity index (χ1n) is 8.04. The Morgan fingerprint density at radius 3 is 1.44 bits per heavy atom. The lowest BCUT2D eigenvalue weighted by Gasteiger charge is -2.05. The van der Waals surface area contributed by atoms with Gasteiger partial charge < -0.3 is 14.3 Å². The molecule has 1 aromatic heterocycles. The Labute approximate surface area is 165 Å². The van der Waals surface area contributed by atoms with E-state index in [1.807, 2.05) is 20.8 Å². The molecule has 0 bridgehead atoms. The number of halogens is 1. The molecule has 0 saturated carbocycles. The number of aliphatic hydroxyl groups is 1. The monoisotopic (exact) mass is 407 g/mol. The highest BCUT2D eigenvalue weighted by Gasteiger charge is 2.08. The third-order valence-electron chi connectivity index (χ3n) is 2.64. The minimum absolute atomic E-state index is 0.134. The Bertz CT molecular complexity index is 585. The third-order valence-corrected chi connectivity index (χ3v) is 2.64. The molecule has 27 heavy (non-hydrogen) atoms. The van der Waals surface area contributed by atoms with E-state index in [1.54, 1.807) is 6.92 Å². The molecule has 1 heterocycles. The maximum Gasteiger partial charge on any atom is 0.303 e. The highest BCUT2D eigenvalue weighted by atomic mass is 35.5. The summed E-state index contributed by atoms with van der Waals surface area (Å²) < 4.78 is 9.63. The fraction of sp³-hybridized carbons (Fsp3) is 0.611. The number of carbonyl (C=O) groups excluding carboxylic acids is 4. The van der Waals surface area contributed by atoms with Crippen molar-refractivity contribution >= 4 is 34.4 Å². The number of aromatic nitrogens is 1. The molecule has 2 unspecified atom stereocenters. The van der Waals surface area contributed by atoms with Crippen LogP contribution in [0.1, 0.15) is 58.9 Å². The molecular weight excluding hydrogens is 378 g/mol. The number of esters is 1. The SMILES string of the molecule is CC(=O)C(C)O.CC(=O)Cl.CC(=O)OC(C)C(C)=O.Cc1nc(C)c(C)o1. The molecule has 1 N–H and O–H groups in total. The van der Waals surface area contributed by atoms with E-state index in [1.165, 1.54) is 34.6 Å². The first-order valence-corrected chi connectivity index (χ1v) is 8.42. The van der Waals surface area contributed by atoms with E-state index in [2.05, 4.69) is 21.3 Å². The quantitative estimate of drug-likeness (QED) is 0.599. The smallest absolute Gasteiger partial charge is 0.303 e. The second-order valence-corrected chi connectivity index (χ2v) is 6.03. The second-order valence-electron chi connectivity index (χ2n) is 5.49. The van der Waals surface area contributed by atoms with E-state index in [-0.39, 0.29) is 16.8 Å². The van der Waals surface area contributed by atoms with Crippen molar-refractivity contribution in [1.29, 1.82) is 0 Å². The van der Waals surface area contributed by atoms with Crippen LogP contribution in [0.5, 0.6) is 0 Å². The molecule has 156 valence electrons. The minimum Gasteiger partial charge on any atom is -0.455 e. The molecule has 2 atom stereocenters. The van der Waals surface area contributed by atoms with E-state index >= 15 is 0 Å². The molecule has 0 aromatic carbocycles. The molecular formula is C18H30ClNO7. The number of aliphatic hydroxyl groups excluding tert-OH is 1. The summed E-state index contributed by atoms with van der Waals surface area (Å²) in [6.07, 6.45) is -1.38. The Morgan fingerprint density at radius 1 is 1.00 bits per heavy atom. The Hall–Kier alpha value is -2.06. The van der Waals surface area contributed by atoms with Crippen molar-refractivity contribution < 1.29 is 33.4 Å². The number of Topliss-reactive ketones (excluding diaryl/α,β-unsaturated/α-hetero) is 2. The van der Waals surface area contributed by atoms with Gasteiger partial charge in [0.25, 0.3) is 0 Å². The fourth-order valence-electron chi connectivity index (χ4n) is 0.965. The predicted molar refractivity (Wildman–Crippen MR) is 102 cm³/mol. The van der Waals surface area contributed by atoms with Crippen LogP contribution in [0.3, 0.4) is 0 Å². The zero-order chi connectivity index (χ0) is 22.3. The Balaban J connectivity index is -0.000000296. The van der Waals surface area contributed by atoms with E-state index in [4.69, 9.17) is 9.52 Å². The molecule has 0 radical (unpaired) electrons. The predicted octanol–water partition coefficient (Wildman–Crippen LogP) is 2.85. The lowest BCUT2D eigenvalue weighted by molar-refractivity contribution is -0.151. The van der Waals surface area contributed by atoms with E-state index in [0.717, 1.165) is 17.3 Å². The zero-order valence-corrected chi connectivity index (χ0v) is 18.1. The Kier molecular flexibility index (Phi) is 17.7. The van der Waals surface area contributed by atoms with Crippen molar-refractivity contribution in [1.82, 2.24) is 4.98 Å². The summed E-state index contributed by atoms with van der Waals surface area (Å²) in [5, 5.41) is 7.92. The van der Waals surface area contributed by atoms with Crippen LogP contribution in [0, 0.1) is 20.8 Å². The number of ether oxygens (including phenoxy) is 1. The van der Waals surface area contributed by atoms with Gasteiger partial charge in [-0.3, -0.25) is 19.2 Å². The average molecular weight is 408 g/mol. The van der Waals surface area contributed by atoms with Gasteiger partial charge in [0.1, 0.15) is 11.9 Å². The van der Waals surface area contributed by atoms with Gasteiger partial charge in [-0.1, -0.05) is 0 Å². The number of ketones is 2. The number of hydrogen-bond donors (Lipinski definition) is 1. The number of oxazole rings is 1. The Morgan fingerprint density at radius 2 is 1.37 bits per heavy atom. The van der Waals surface area contributed by atoms with Gasteiger partial charge in [0.05, 0.1) is 5.69 Å². The first-order chi connectivity index (χ1) is 12.1. The highest BCUT2D eigenvalue weighted by Crippen LogP contribution is 2.05. The normalized spacial score (nSPS) is 11.1.